The molecule has 0 aliphatic carbocycles. The summed E-state index contributed by atoms with van der Waals surface area (Å²) in [6.07, 6.45) is 4.64. The van der Waals surface area contributed by atoms with Crippen LogP contribution in [-0.4, -0.2) is 25.2 Å². The molecular weight excluding hydrogens is 318 g/mol. The minimum Gasteiger partial charge on any atom is -0.493 e. The maximum atomic E-state index is 11.1. The number of carbonyl (C=O) groups excluding carboxylic acids is 1. The van der Waals surface area contributed by atoms with E-state index in [-0.39, 0.29) is 0 Å². The molecule has 0 bridgehead atoms. The average molecular weight is 334 g/mol. The second-order valence-corrected chi connectivity index (χ2v) is 4.93. The highest BCUT2D eigenvalue weighted by atomic mass is 35.5. The number of carbonyl (C=O) groups is 1. The summed E-state index contributed by atoms with van der Waals surface area (Å²) in [5.41, 5.74) is 1.69. The number of nitrogens with zero attached hydrogens (tertiary/aromatic N) is 1. The number of aromatic nitrogens is 1. The molecule has 23 heavy (non-hydrogen) atoms. The first-order valence-electron chi connectivity index (χ1n) is 6.79. The standard InChI is InChI=1S/C17H16ClNO4/c1-21-15-9-12(5-8-17(20)22-2)3-6-14(15)23-11-13-4-7-16(18)19-10-13/h3-10H,11H2,1-2H3/b8-5+. The molecule has 0 fully saturated rings. The minimum absolute atomic E-state index is 0.345. The molecule has 0 spiro atoms. The summed E-state index contributed by atoms with van der Waals surface area (Å²) in [6.45, 7) is 0.345. The molecule has 5 nitrogen and oxygen atoms in total. The van der Waals surface area contributed by atoms with Gasteiger partial charge < -0.3 is 14.2 Å². The molecule has 1 aromatic heterocycles. The third-order valence-corrected chi connectivity index (χ3v) is 3.21. The van der Waals surface area contributed by atoms with Crippen molar-refractivity contribution >= 4 is 23.6 Å². The normalized spacial score (nSPS) is 10.6. The Labute approximate surface area is 139 Å². The summed E-state index contributed by atoms with van der Waals surface area (Å²) >= 11 is 5.75. The second kappa shape index (κ2) is 8.19. The van der Waals surface area contributed by atoms with E-state index in [1.165, 1.54) is 13.2 Å². The fourth-order valence-electron chi connectivity index (χ4n) is 1.79. The van der Waals surface area contributed by atoms with Gasteiger partial charge in [0.25, 0.3) is 0 Å². The summed E-state index contributed by atoms with van der Waals surface area (Å²) in [4.78, 5) is 15.1. The first-order chi connectivity index (χ1) is 11.1. The lowest BCUT2D eigenvalue weighted by Gasteiger charge is -2.11. The Morgan fingerprint density at radius 1 is 1.22 bits per heavy atom. The van der Waals surface area contributed by atoms with Gasteiger partial charge in [-0.2, -0.15) is 0 Å². The number of benzene rings is 1. The van der Waals surface area contributed by atoms with E-state index in [2.05, 4.69) is 9.72 Å². The smallest absolute Gasteiger partial charge is 0.330 e. The van der Waals surface area contributed by atoms with Gasteiger partial charge in [0.15, 0.2) is 11.5 Å². The molecule has 1 aromatic carbocycles. The van der Waals surface area contributed by atoms with Gasteiger partial charge in [-0.3, -0.25) is 0 Å². The number of esters is 1. The van der Waals surface area contributed by atoms with Crippen LogP contribution in [0.3, 0.4) is 0 Å². The summed E-state index contributed by atoms with van der Waals surface area (Å²) in [6, 6.07) is 8.92. The van der Waals surface area contributed by atoms with Gasteiger partial charge in [-0.25, -0.2) is 9.78 Å². The molecular formula is C17H16ClNO4. The van der Waals surface area contributed by atoms with E-state index in [1.807, 2.05) is 12.1 Å². The van der Waals surface area contributed by atoms with Crippen molar-refractivity contribution < 1.29 is 19.0 Å². The summed E-state index contributed by atoms with van der Waals surface area (Å²) in [7, 11) is 2.88. The van der Waals surface area contributed by atoms with Gasteiger partial charge in [0, 0.05) is 17.8 Å². The topological polar surface area (TPSA) is 57.7 Å². The first-order valence-corrected chi connectivity index (χ1v) is 7.17. The number of hydrogen-bond donors (Lipinski definition) is 0. The van der Waals surface area contributed by atoms with Crippen molar-refractivity contribution in [2.45, 2.75) is 6.61 Å². The molecule has 0 atom stereocenters. The molecule has 1 heterocycles. The largest absolute Gasteiger partial charge is 0.493 e. The lowest BCUT2D eigenvalue weighted by Crippen LogP contribution is -1.98. The van der Waals surface area contributed by atoms with Crippen LogP contribution in [0.5, 0.6) is 11.5 Å². The van der Waals surface area contributed by atoms with Gasteiger partial charge >= 0.3 is 5.97 Å². The minimum atomic E-state index is -0.417. The highest BCUT2D eigenvalue weighted by molar-refractivity contribution is 6.29. The molecule has 0 aliphatic rings. The molecule has 120 valence electrons. The molecule has 0 N–H and O–H groups in total. The predicted molar refractivity (Wildman–Crippen MR) is 87.6 cm³/mol. The van der Waals surface area contributed by atoms with Crippen LogP contribution in [0.1, 0.15) is 11.1 Å². The van der Waals surface area contributed by atoms with Crippen molar-refractivity contribution in [2.75, 3.05) is 14.2 Å². The molecule has 0 aliphatic heterocycles. The molecule has 2 rings (SSSR count). The lowest BCUT2D eigenvalue weighted by molar-refractivity contribution is -0.134. The SMILES string of the molecule is COC(=O)/C=C/c1ccc(OCc2ccc(Cl)nc2)c(OC)c1. The Balaban J connectivity index is 2.08. The van der Waals surface area contributed by atoms with Gasteiger partial charge in [0.05, 0.1) is 14.2 Å². The van der Waals surface area contributed by atoms with E-state index in [4.69, 9.17) is 21.1 Å². The average Bonchev–Trinajstić information content (AvgIpc) is 2.59. The van der Waals surface area contributed by atoms with Crippen LogP contribution in [0.4, 0.5) is 0 Å². The van der Waals surface area contributed by atoms with Crippen LogP contribution in [-0.2, 0) is 16.1 Å². The predicted octanol–water partition coefficient (Wildman–Crippen LogP) is 3.51. The Morgan fingerprint density at radius 3 is 2.70 bits per heavy atom. The van der Waals surface area contributed by atoms with E-state index >= 15 is 0 Å². The monoisotopic (exact) mass is 333 g/mol. The number of ether oxygens (including phenoxy) is 3. The fraction of sp³-hybridized carbons (Fsp3) is 0.176. The van der Waals surface area contributed by atoms with Crippen LogP contribution < -0.4 is 9.47 Å². The summed E-state index contributed by atoms with van der Waals surface area (Å²) in [5, 5.41) is 0.438. The zero-order valence-corrected chi connectivity index (χ0v) is 13.5. The van der Waals surface area contributed by atoms with Gasteiger partial charge in [0.2, 0.25) is 0 Å². The molecule has 0 saturated heterocycles. The van der Waals surface area contributed by atoms with E-state index in [0.29, 0.717) is 23.3 Å². The fourth-order valence-corrected chi connectivity index (χ4v) is 1.90. The van der Waals surface area contributed by atoms with Crippen LogP contribution in [0.15, 0.2) is 42.6 Å². The summed E-state index contributed by atoms with van der Waals surface area (Å²) < 4.78 is 15.6. The Hall–Kier alpha value is -2.53. The second-order valence-electron chi connectivity index (χ2n) is 4.54. The van der Waals surface area contributed by atoms with Gasteiger partial charge in [0.1, 0.15) is 11.8 Å². The van der Waals surface area contributed by atoms with Crippen molar-refractivity contribution in [3.63, 3.8) is 0 Å². The highest BCUT2D eigenvalue weighted by Crippen LogP contribution is 2.29. The van der Waals surface area contributed by atoms with E-state index in [0.717, 1.165) is 11.1 Å². The van der Waals surface area contributed by atoms with Crippen LogP contribution in [0.2, 0.25) is 5.15 Å². The van der Waals surface area contributed by atoms with Crippen LogP contribution in [0, 0.1) is 0 Å². The van der Waals surface area contributed by atoms with E-state index in [1.54, 1.807) is 37.6 Å². The van der Waals surface area contributed by atoms with Crippen LogP contribution >= 0.6 is 11.6 Å². The van der Waals surface area contributed by atoms with Crippen molar-refractivity contribution in [3.8, 4) is 11.5 Å². The zero-order chi connectivity index (χ0) is 16.7. The van der Waals surface area contributed by atoms with Gasteiger partial charge in [-0.05, 0) is 29.8 Å². The number of hydrogen-bond acceptors (Lipinski definition) is 5. The molecule has 6 heteroatoms. The Bertz CT molecular complexity index is 698. The van der Waals surface area contributed by atoms with Crippen molar-refractivity contribution in [2.24, 2.45) is 0 Å². The number of halogens is 1. The number of methoxy groups -OCH3 is 2. The lowest BCUT2D eigenvalue weighted by atomic mass is 10.2. The maximum Gasteiger partial charge on any atom is 0.330 e. The van der Waals surface area contributed by atoms with Crippen molar-refractivity contribution in [1.82, 2.24) is 4.98 Å². The Kier molecular flexibility index (Phi) is 6.00. The Morgan fingerprint density at radius 2 is 2.04 bits per heavy atom. The summed E-state index contributed by atoms with van der Waals surface area (Å²) in [5.74, 6) is 0.746. The maximum absolute atomic E-state index is 11.1. The molecule has 0 unspecified atom stereocenters. The third-order valence-electron chi connectivity index (χ3n) is 2.98. The number of pyridine rings is 1. The van der Waals surface area contributed by atoms with Crippen LogP contribution in [0.25, 0.3) is 6.08 Å². The molecule has 0 amide bonds. The third kappa shape index (κ3) is 5.00. The molecule has 2 aromatic rings. The van der Waals surface area contributed by atoms with Crippen molar-refractivity contribution in [3.05, 3.63) is 58.9 Å². The van der Waals surface area contributed by atoms with Crippen molar-refractivity contribution in [1.29, 1.82) is 0 Å². The highest BCUT2D eigenvalue weighted by Gasteiger charge is 2.06. The quantitative estimate of drug-likeness (QED) is 0.460. The molecule has 0 saturated carbocycles. The van der Waals surface area contributed by atoms with Gasteiger partial charge in [-0.1, -0.05) is 23.7 Å². The first kappa shape index (κ1) is 16.8. The van der Waals surface area contributed by atoms with E-state index < -0.39 is 5.97 Å². The number of rotatable bonds is 6. The zero-order valence-electron chi connectivity index (χ0n) is 12.8. The van der Waals surface area contributed by atoms with E-state index in [9.17, 15) is 4.79 Å². The molecule has 0 radical (unpaired) electrons. The van der Waals surface area contributed by atoms with Gasteiger partial charge in [-0.15, -0.1) is 0 Å².